The van der Waals surface area contributed by atoms with Gasteiger partial charge in [0.2, 0.25) is 5.91 Å². The molecule has 1 heterocycles. The smallest absolute Gasteiger partial charge is 0.238 e. The standard InChI is InChI=1S/C16H22N4O/c1-4-15-13(11-20(3)19-15)9-17-10-16(21)18-14-7-5-12(2)6-8-14/h5-8,11,17H,4,9-10H2,1-3H3,(H,18,21). The molecule has 5 heteroatoms. The number of nitrogens with zero attached hydrogens (tertiary/aromatic N) is 2. The Labute approximate surface area is 125 Å². The third kappa shape index (κ3) is 4.43. The highest BCUT2D eigenvalue weighted by Gasteiger charge is 2.07. The van der Waals surface area contributed by atoms with E-state index in [1.54, 1.807) is 0 Å². The molecule has 0 saturated heterocycles. The topological polar surface area (TPSA) is 59.0 Å². The summed E-state index contributed by atoms with van der Waals surface area (Å²) in [6.45, 7) is 5.03. The second-order valence-corrected chi connectivity index (χ2v) is 5.15. The normalized spacial score (nSPS) is 10.6. The number of carbonyl (C=O) groups excluding carboxylic acids is 1. The molecule has 0 atom stereocenters. The van der Waals surface area contributed by atoms with Crippen LogP contribution in [-0.2, 0) is 24.8 Å². The largest absolute Gasteiger partial charge is 0.325 e. The molecule has 0 bridgehead atoms. The van der Waals surface area contributed by atoms with Crippen molar-refractivity contribution in [2.24, 2.45) is 7.05 Å². The van der Waals surface area contributed by atoms with Crippen molar-refractivity contribution in [1.29, 1.82) is 0 Å². The van der Waals surface area contributed by atoms with Crippen LogP contribution in [0.5, 0.6) is 0 Å². The number of nitrogens with one attached hydrogen (secondary N) is 2. The molecule has 0 saturated carbocycles. The molecule has 5 nitrogen and oxygen atoms in total. The number of carbonyl (C=O) groups is 1. The van der Waals surface area contributed by atoms with Crippen LogP contribution in [0, 0.1) is 6.92 Å². The minimum Gasteiger partial charge on any atom is -0.325 e. The second kappa shape index (κ2) is 7.04. The molecule has 21 heavy (non-hydrogen) atoms. The number of hydrogen-bond donors (Lipinski definition) is 2. The van der Waals surface area contributed by atoms with Gasteiger partial charge in [-0.15, -0.1) is 0 Å². The zero-order chi connectivity index (χ0) is 15.2. The summed E-state index contributed by atoms with van der Waals surface area (Å²) in [6, 6.07) is 7.77. The second-order valence-electron chi connectivity index (χ2n) is 5.15. The van der Waals surface area contributed by atoms with Crippen molar-refractivity contribution < 1.29 is 4.79 Å². The van der Waals surface area contributed by atoms with E-state index in [9.17, 15) is 4.79 Å². The molecule has 2 rings (SSSR count). The summed E-state index contributed by atoms with van der Waals surface area (Å²) in [5, 5.41) is 10.4. The minimum absolute atomic E-state index is 0.0409. The molecule has 0 fully saturated rings. The molecule has 0 radical (unpaired) electrons. The monoisotopic (exact) mass is 286 g/mol. The molecule has 1 aromatic heterocycles. The first kappa shape index (κ1) is 15.3. The number of hydrogen-bond acceptors (Lipinski definition) is 3. The maximum Gasteiger partial charge on any atom is 0.238 e. The summed E-state index contributed by atoms with van der Waals surface area (Å²) < 4.78 is 1.81. The molecular formula is C16H22N4O. The van der Waals surface area contributed by atoms with E-state index in [0.717, 1.165) is 23.4 Å². The summed E-state index contributed by atoms with van der Waals surface area (Å²) in [5.74, 6) is -0.0409. The fourth-order valence-corrected chi connectivity index (χ4v) is 2.18. The first-order valence-electron chi connectivity index (χ1n) is 7.17. The Balaban J connectivity index is 1.80. The van der Waals surface area contributed by atoms with Crippen molar-refractivity contribution in [3.63, 3.8) is 0 Å². The van der Waals surface area contributed by atoms with E-state index in [4.69, 9.17) is 0 Å². The molecule has 0 unspecified atom stereocenters. The van der Waals surface area contributed by atoms with E-state index in [-0.39, 0.29) is 12.5 Å². The van der Waals surface area contributed by atoms with Crippen molar-refractivity contribution in [3.05, 3.63) is 47.3 Å². The predicted octanol–water partition coefficient (Wildman–Crippen LogP) is 2.02. The highest BCUT2D eigenvalue weighted by Crippen LogP contribution is 2.08. The van der Waals surface area contributed by atoms with Gasteiger partial charge in [-0.1, -0.05) is 24.6 Å². The maximum absolute atomic E-state index is 11.9. The van der Waals surface area contributed by atoms with E-state index in [1.807, 2.05) is 49.1 Å². The zero-order valence-corrected chi connectivity index (χ0v) is 12.8. The average molecular weight is 286 g/mol. The third-order valence-corrected chi connectivity index (χ3v) is 3.26. The van der Waals surface area contributed by atoms with Crippen molar-refractivity contribution >= 4 is 11.6 Å². The number of benzene rings is 1. The van der Waals surface area contributed by atoms with Crippen molar-refractivity contribution in [2.45, 2.75) is 26.8 Å². The Morgan fingerprint density at radius 3 is 2.67 bits per heavy atom. The zero-order valence-electron chi connectivity index (χ0n) is 12.8. The van der Waals surface area contributed by atoms with Gasteiger partial charge in [0, 0.05) is 31.0 Å². The number of aryl methyl sites for hydroxylation is 3. The lowest BCUT2D eigenvalue weighted by atomic mass is 10.2. The highest BCUT2D eigenvalue weighted by atomic mass is 16.1. The molecule has 1 amide bonds. The Hall–Kier alpha value is -2.14. The summed E-state index contributed by atoms with van der Waals surface area (Å²) in [5.41, 5.74) is 4.21. The van der Waals surface area contributed by atoms with Crippen molar-refractivity contribution in [2.75, 3.05) is 11.9 Å². The molecule has 1 aromatic carbocycles. The van der Waals surface area contributed by atoms with Gasteiger partial charge < -0.3 is 10.6 Å². The van der Waals surface area contributed by atoms with Crippen LogP contribution in [0.25, 0.3) is 0 Å². The van der Waals surface area contributed by atoms with Gasteiger partial charge in [0.1, 0.15) is 0 Å². The fourth-order valence-electron chi connectivity index (χ4n) is 2.18. The first-order chi connectivity index (χ1) is 10.1. The van der Waals surface area contributed by atoms with Gasteiger partial charge >= 0.3 is 0 Å². The Kier molecular flexibility index (Phi) is 5.11. The molecule has 0 aliphatic carbocycles. The SMILES string of the molecule is CCc1nn(C)cc1CNCC(=O)Nc1ccc(C)cc1. The number of anilines is 1. The van der Waals surface area contributed by atoms with Crippen LogP contribution in [0.1, 0.15) is 23.7 Å². The van der Waals surface area contributed by atoms with Gasteiger partial charge in [-0.25, -0.2) is 0 Å². The van der Waals surface area contributed by atoms with Crippen molar-refractivity contribution in [3.8, 4) is 0 Å². The Morgan fingerprint density at radius 1 is 1.29 bits per heavy atom. The van der Waals surface area contributed by atoms with E-state index >= 15 is 0 Å². The van der Waals surface area contributed by atoms with Crippen molar-refractivity contribution in [1.82, 2.24) is 15.1 Å². The summed E-state index contributed by atoms with van der Waals surface area (Å²) in [4.78, 5) is 11.9. The van der Waals surface area contributed by atoms with Crippen LogP contribution in [-0.4, -0.2) is 22.2 Å². The number of aromatic nitrogens is 2. The van der Waals surface area contributed by atoms with Gasteiger partial charge in [0.05, 0.1) is 12.2 Å². The quantitative estimate of drug-likeness (QED) is 0.854. The fraction of sp³-hybridized carbons (Fsp3) is 0.375. The van der Waals surface area contributed by atoms with Crippen LogP contribution in [0.4, 0.5) is 5.69 Å². The van der Waals surface area contributed by atoms with E-state index in [1.165, 1.54) is 5.56 Å². The summed E-state index contributed by atoms with van der Waals surface area (Å²) in [6.07, 6.45) is 2.89. The predicted molar refractivity (Wildman–Crippen MR) is 84.1 cm³/mol. The van der Waals surface area contributed by atoms with E-state index in [0.29, 0.717) is 6.54 Å². The first-order valence-corrected chi connectivity index (χ1v) is 7.17. The molecule has 2 aromatic rings. The van der Waals surface area contributed by atoms with Gasteiger partial charge in [-0.05, 0) is 25.5 Å². The Bertz CT molecular complexity index is 601. The highest BCUT2D eigenvalue weighted by molar-refractivity contribution is 5.92. The maximum atomic E-state index is 11.9. The van der Waals surface area contributed by atoms with Gasteiger partial charge in [-0.2, -0.15) is 5.10 Å². The van der Waals surface area contributed by atoms with Crippen LogP contribution in [0.3, 0.4) is 0 Å². The molecule has 2 N–H and O–H groups in total. The average Bonchev–Trinajstić information content (AvgIpc) is 2.81. The number of amides is 1. The molecule has 0 aliphatic heterocycles. The summed E-state index contributed by atoms with van der Waals surface area (Å²) in [7, 11) is 1.91. The third-order valence-electron chi connectivity index (χ3n) is 3.26. The van der Waals surface area contributed by atoms with E-state index < -0.39 is 0 Å². The summed E-state index contributed by atoms with van der Waals surface area (Å²) >= 11 is 0. The molecule has 112 valence electrons. The lowest BCUT2D eigenvalue weighted by Crippen LogP contribution is -2.27. The lowest BCUT2D eigenvalue weighted by Gasteiger charge is -2.07. The molecule has 0 spiro atoms. The number of rotatable bonds is 6. The van der Waals surface area contributed by atoms with Gasteiger partial charge in [-0.3, -0.25) is 9.48 Å². The van der Waals surface area contributed by atoms with Gasteiger partial charge in [0.25, 0.3) is 0 Å². The van der Waals surface area contributed by atoms with Gasteiger partial charge in [0.15, 0.2) is 0 Å². The minimum atomic E-state index is -0.0409. The van der Waals surface area contributed by atoms with Crippen LogP contribution >= 0.6 is 0 Å². The Morgan fingerprint density at radius 2 is 2.00 bits per heavy atom. The molecule has 0 aliphatic rings. The van der Waals surface area contributed by atoms with Crippen LogP contribution < -0.4 is 10.6 Å². The lowest BCUT2D eigenvalue weighted by molar-refractivity contribution is -0.115. The van der Waals surface area contributed by atoms with E-state index in [2.05, 4.69) is 22.7 Å². The van der Waals surface area contributed by atoms with Crippen LogP contribution in [0.15, 0.2) is 30.5 Å². The van der Waals surface area contributed by atoms with Crippen LogP contribution in [0.2, 0.25) is 0 Å². The molecular weight excluding hydrogens is 264 g/mol.